The third-order valence-corrected chi connectivity index (χ3v) is 5.17. The summed E-state index contributed by atoms with van der Waals surface area (Å²) >= 11 is 9.75. The Morgan fingerprint density at radius 1 is 1.33 bits per heavy atom. The van der Waals surface area contributed by atoms with Crippen LogP contribution in [0, 0.1) is 0 Å². The van der Waals surface area contributed by atoms with E-state index in [1.54, 1.807) is 0 Å². The lowest BCUT2D eigenvalue weighted by atomic mass is 9.95. The summed E-state index contributed by atoms with van der Waals surface area (Å²) in [5.74, 6) is 0.635. The molecular formula is C13H23BrClN3. The average molecular weight is 337 g/mol. The molecular weight excluding hydrogens is 314 g/mol. The van der Waals surface area contributed by atoms with Crippen molar-refractivity contribution in [2.75, 3.05) is 5.88 Å². The maximum Gasteiger partial charge on any atom is 0.0767 e. The summed E-state index contributed by atoms with van der Waals surface area (Å²) in [6.45, 7) is 7.26. The minimum Gasteiger partial charge on any atom is -0.304 e. The fourth-order valence-corrected chi connectivity index (χ4v) is 3.25. The van der Waals surface area contributed by atoms with Gasteiger partial charge in [0.05, 0.1) is 15.9 Å². The van der Waals surface area contributed by atoms with Gasteiger partial charge in [-0.05, 0) is 35.2 Å². The monoisotopic (exact) mass is 335 g/mol. The maximum atomic E-state index is 6.11. The van der Waals surface area contributed by atoms with Crippen molar-refractivity contribution >= 4 is 27.5 Å². The van der Waals surface area contributed by atoms with E-state index in [2.05, 4.69) is 47.1 Å². The first-order chi connectivity index (χ1) is 8.53. The Kier molecular flexibility index (Phi) is 6.15. The van der Waals surface area contributed by atoms with Crippen molar-refractivity contribution in [3.63, 3.8) is 0 Å². The predicted octanol–water partition coefficient (Wildman–Crippen LogP) is 3.63. The average Bonchev–Trinajstić information content (AvgIpc) is 2.67. The Balaban J connectivity index is 2.82. The van der Waals surface area contributed by atoms with Crippen molar-refractivity contribution in [3.8, 4) is 0 Å². The molecule has 0 atom stereocenters. The molecule has 3 nitrogen and oxygen atoms in total. The first-order valence-corrected chi connectivity index (χ1v) is 7.87. The summed E-state index contributed by atoms with van der Waals surface area (Å²) in [4.78, 5) is 0. The van der Waals surface area contributed by atoms with E-state index in [0.717, 1.165) is 36.0 Å². The fourth-order valence-electron chi connectivity index (χ4n) is 2.02. The lowest BCUT2D eigenvalue weighted by Crippen LogP contribution is -2.45. The van der Waals surface area contributed by atoms with Crippen molar-refractivity contribution in [3.05, 3.63) is 15.9 Å². The molecule has 1 aromatic rings. The Morgan fingerprint density at radius 2 is 1.94 bits per heavy atom. The van der Waals surface area contributed by atoms with Crippen LogP contribution < -0.4 is 5.32 Å². The van der Waals surface area contributed by atoms with Crippen LogP contribution in [0.25, 0.3) is 0 Å². The normalized spacial score (nSPS) is 12.1. The molecule has 1 N–H and O–H groups in total. The summed E-state index contributed by atoms with van der Waals surface area (Å²) in [5, 5.41) is 8.10. The zero-order valence-electron chi connectivity index (χ0n) is 11.7. The van der Waals surface area contributed by atoms with Crippen molar-refractivity contribution in [2.45, 2.75) is 52.1 Å². The lowest BCUT2D eigenvalue weighted by Gasteiger charge is -2.31. The number of hydrogen-bond donors (Lipinski definition) is 1. The van der Waals surface area contributed by atoms with Gasteiger partial charge in [-0.1, -0.05) is 20.8 Å². The van der Waals surface area contributed by atoms with Crippen LogP contribution in [0.4, 0.5) is 0 Å². The highest BCUT2D eigenvalue weighted by atomic mass is 79.9. The number of aromatic nitrogens is 2. The first kappa shape index (κ1) is 16.0. The summed E-state index contributed by atoms with van der Waals surface area (Å²) in [6.07, 6.45) is 3.00. The first-order valence-electron chi connectivity index (χ1n) is 6.54. The minimum absolute atomic E-state index is 0.0254. The van der Waals surface area contributed by atoms with Gasteiger partial charge in [0.25, 0.3) is 0 Å². The molecule has 0 saturated heterocycles. The molecule has 18 heavy (non-hydrogen) atoms. The van der Waals surface area contributed by atoms with E-state index in [0.29, 0.717) is 5.88 Å². The summed E-state index contributed by atoms with van der Waals surface area (Å²) in [6, 6.07) is 0. The van der Waals surface area contributed by atoms with Crippen molar-refractivity contribution in [1.82, 2.24) is 15.1 Å². The SMILES string of the molecule is CCc1nn(C)c(CNC(CC)(CC)CCl)c1Br. The smallest absolute Gasteiger partial charge is 0.0767 e. The van der Waals surface area contributed by atoms with E-state index >= 15 is 0 Å². The molecule has 104 valence electrons. The van der Waals surface area contributed by atoms with Crippen LogP contribution in [-0.4, -0.2) is 21.2 Å². The number of hydrogen-bond acceptors (Lipinski definition) is 2. The van der Waals surface area contributed by atoms with Crippen LogP contribution in [0.15, 0.2) is 4.47 Å². The van der Waals surface area contributed by atoms with Crippen molar-refractivity contribution in [2.24, 2.45) is 7.05 Å². The molecule has 0 aliphatic carbocycles. The molecule has 5 heteroatoms. The number of halogens is 2. The number of rotatable bonds is 7. The standard InChI is InChI=1S/C13H23BrClN3/c1-5-10-12(14)11(18(4)17-10)8-16-13(6-2,7-3)9-15/h16H,5-9H2,1-4H3. The molecule has 0 spiro atoms. The van der Waals surface area contributed by atoms with Gasteiger partial charge in [-0.15, -0.1) is 11.6 Å². The molecule has 1 aromatic heterocycles. The molecule has 0 aliphatic rings. The third kappa shape index (κ3) is 3.28. The van der Waals surface area contributed by atoms with Gasteiger partial charge in [0.15, 0.2) is 0 Å². The molecule has 0 unspecified atom stereocenters. The lowest BCUT2D eigenvalue weighted by molar-refractivity contribution is 0.330. The maximum absolute atomic E-state index is 6.11. The Labute approximate surface area is 123 Å². The highest BCUT2D eigenvalue weighted by molar-refractivity contribution is 9.10. The van der Waals surface area contributed by atoms with Crippen LogP contribution in [-0.2, 0) is 20.0 Å². The van der Waals surface area contributed by atoms with Gasteiger partial charge >= 0.3 is 0 Å². The van der Waals surface area contributed by atoms with Crippen LogP contribution in [0.2, 0.25) is 0 Å². The number of nitrogens with one attached hydrogen (secondary N) is 1. The van der Waals surface area contributed by atoms with E-state index in [-0.39, 0.29) is 5.54 Å². The van der Waals surface area contributed by atoms with Crippen molar-refractivity contribution in [1.29, 1.82) is 0 Å². The second kappa shape index (κ2) is 6.92. The zero-order chi connectivity index (χ0) is 13.8. The Bertz CT molecular complexity index is 378. The number of nitrogens with zero attached hydrogens (tertiary/aromatic N) is 2. The second-order valence-electron chi connectivity index (χ2n) is 4.66. The molecule has 0 bridgehead atoms. The van der Waals surface area contributed by atoms with E-state index in [1.165, 1.54) is 5.69 Å². The molecule has 0 amide bonds. The molecule has 1 heterocycles. The quantitative estimate of drug-likeness (QED) is 0.771. The fraction of sp³-hybridized carbons (Fsp3) is 0.769. The minimum atomic E-state index is 0.0254. The highest BCUT2D eigenvalue weighted by Crippen LogP contribution is 2.23. The van der Waals surface area contributed by atoms with Crippen LogP contribution in [0.5, 0.6) is 0 Å². The van der Waals surface area contributed by atoms with E-state index in [9.17, 15) is 0 Å². The molecule has 1 rings (SSSR count). The summed E-state index contributed by atoms with van der Waals surface area (Å²) in [5.41, 5.74) is 2.32. The second-order valence-corrected chi connectivity index (χ2v) is 5.72. The molecule has 0 fully saturated rings. The molecule has 0 radical (unpaired) electrons. The zero-order valence-corrected chi connectivity index (χ0v) is 14.0. The van der Waals surface area contributed by atoms with Crippen LogP contribution in [0.3, 0.4) is 0 Å². The number of alkyl halides is 1. The topological polar surface area (TPSA) is 29.9 Å². The molecule has 0 aliphatic heterocycles. The van der Waals surface area contributed by atoms with E-state index < -0.39 is 0 Å². The van der Waals surface area contributed by atoms with Gasteiger partial charge in [0, 0.05) is 25.0 Å². The Morgan fingerprint density at radius 3 is 2.33 bits per heavy atom. The Hall–Kier alpha value is -0.0600. The van der Waals surface area contributed by atoms with Gasteiger partial charge in [0.2, 0.25) is 0 Å². The summed E-state index contributed by atoms with van der Waals surface area (Å²) < 4.78 is 3.07. The number of aryl methyl sites for hydroxylation is 2. The van der Waals surface area contributed by atoms with Crippen LogP contribution in [0.1, 0.15) is 45.0 Å². The molecule has 0 saturated carbocycles. The van der Waals surface area contributed by atoms with E-state index in [1.807, 2.05) is 11.7 Å². The van der Waals surface area contributed by atoms with Gasteiger partial charge in [0.1, 0.15) is 0 Å². The van der Waals surface area contributed by atoms with Crippen molar-refractivity contribution < 1.29 is 0 Å². The van der Waals surface area contributed by atoms with Gasteiger partial charge in [-0.2, -0.15) is 5.10 Å². The molecule has 0 aromatic carbocycles. The largest absolute Gasteiger partial charge is 0.304 e. The van der Waals surface area contributed by atoms with Gasteiger partial charge < -0.3 is 5.32 Å². The highest BCUT2D eigenvalue weighted by Gasteiger charge is 2.25. The van der Waals surface area contributed by atoms with E-state index in [4.69, 9.17) is 11.6 Å². The van der Waals surface area contributed by atoms with Gasteiger partial charge in [-0.25, -0.2) is 0 Å². The predicted molar refractivity (Wildman–Crippen MR) is 81.2 cm³/mol. The van der Waals surface area contributed by atoms with Crippen LogP contribution >= 0.6 is 27.5 Å². The van der Waals surface area contributed by atoms with Gasteiger partial charge in [-0.3, -0.25) is 4.68 Å². The third-order valence-electron chi connectivity index (χ3n) is 3.74. The summed E-state index contributed by atoms with van der Waals surface area (Å²) in [7, 11) is 1.99.